The van der Waals surface area contributed by atoms with Gasteiger partial charge in [0.25, 0.3) is 5.56 Å². The first-order chi connectivity index (χ1) is 11.8. The number of likely N-dealkylation sites (tertiary alicyclic amines) is 1. The summed E-state index contributed by atoms with van der Waals surface area (Å²) in [6.07, 6.45) is 3.89. The van der Waals surface area contributed by atoms with Crippen LogP contribution in [0, 0.1) is 12.8 Å². The number of rotatable bonds is 4. The summed E-state index contributed by atoms with van der Waals surface area (Å²) in [5, 5.41) is 4.07. The zero-order valence-corrected chi connectivity index (χ0v) is 15.7. The Kier molecular flexibility index (Phi) is 5.08. The van der Waals surface area contributed by atoms with E-state index in [0.29, 0.717) is 5.92 Å². The maximum absolute atomic E-state index is 12.4. The molecule has 0 spiro atoms. The second kappa shape index (κ2) is 7.12. The lowest BCUT2D eigenvalue weighted by molar-refractivity contribution is 0.163. The van der Waals surface area contributed by atoms with Crippen LogP contribution in [0.2, 0.25) is 0 Å². The first-order valence-corrected chi connectivity index (χ1v) is 9.03. The van der Waals surface area contributed by atoms with E-state index >= 15 is 0 Å². The lowest BCUT2D eigenvalue weighted by Crippen LogP contribution is -2.36. The molecule has 0 N–H and O–H groups in total. The molecule has 136 valence electrons. The minimum atomic E-state index is -0.0942. The van der Waals surface area contributed by atoms with E-state index in [0.717, 1.165) is 56.2 Å². The molecule has 0 aliphatic carbocycles. The zero-order chi connectivity index (χ0) is 18.0. The van der Waals surface area contributed by atoms with Crippen LogP contribution < -0.4 is 5.56 Å². The van der Waals surface area contributed by atoms with Crippen molar-refractivity contribution in [1.82, 2.24) is 19.6 Å². The molecule has 1 aliphatic heterocycles. The largest absolute Gasteiger partial charge is 0.361 e. The molecular weight excluding hydrogens is 316 g/mol. The van der Waals surface area contributed by atoms with Gasteiger partial charge >= 0.3 is 0 Å². The fourth-order valence-corrected chi connectivity index (χ4v) is 3.30. The maximum atomic E-state index is 12.4. The minimum Gasteiger partial charge on any atom is -0.361 e. The molecule has 6 heteroatoms. The Balaban J connectivity index is 1.54. The van der Waals surface area contributed by atoms with Gasteiger partial charge in [-0.15, -0.1) is 0 Å². The van der Waals surface area contributed by atoms with Crippen molar-refractivity contribution in [2.75, 3.05) is 13.1 Å². The van der Waals surface area contributed by atoms with Crippen LogP contribution in [-0.2, 0) is 18.5 Å². The highest BCUT2D eigenvalue weighted by Crippen LogP contribution is 2.21. The third-order valence-electron chi connectivity index (χ3n) is 4.87. The topological polar surface area (TPSA) is 64.2 Å². The van der Waals surface area contributed by atoms with Crippen LogP contribution >= 0.6 is 0 Å². The highest BCUT2D eigenvalue weighted by Gasteiger charge is 2.22. The molecule has 0 atom stereocenters. The number of aryl methyl sites for hydroxylation is 1. The van der Waals surface area contributed by atoms with Gasteiger partial charge in [-0.2, -0.15) is 0 Å². The van der Waals surface area contributed by atoms with Gasteiger partial charge in [-0.3, -0.25) is 14.3 Å². The molecule has 1 aliphatic rings. The van der Waals surface area contributed by atoms with Crippen molar-refractivity contribution in [3.63, 3.8) is 0 Å². The van der Waals surface area contributed by atoms with E-state index < -0.39 is 0 Å². The van der Waals surface area contributed by atoms with E-state index in [1.165, 1.54) is 0 Å². The summed E-state index contributed by atoms with van der Waals surface area (Å²) in [4.78, 5) is 19.2. The fraction of sp³-hybridized carbons (Fsp3) is 0.632. The Morgan fingerprint density at radius 2 is 1.96 bits per heavy atom. The molecule has 3 heterocycles. The van der Waals surface area contributed by atoms with E-state index in [9.17, 15) is 4.79 Å². The van der Waals surface area contributed by atoms with Crippen LogP contribution in [0.3, 0.4) is 0 Å². The van der Waals surface area contributed by atoms with E-state index in [2.05, 4.69) is 35.8 Å². The standard InChI is InChI=1S/C19H28N4O2/c1-14-9-16(21-25-14)12-22-7-5-15(6-8-22)11-23-13-20-17(10-18(23)24)19(2,3)4/h9-10,13,15H,5-8,11-12H2,1-4H3. The molecule has 25 heavy (non-hydrogen) atoms. The lowest BCUT2D eigenvalue weighted by atomic mass is 9.92. The van der Waals surface area contributed by atoms with Gasteiger partial charge in [0.2, 0.25) is 0 Å². The molecule has 0 radical (unpaired) electrons. The predicted molar refractivity (Wildman–Crippen MR) is 96.4 cm³/mol. The zero-order valence-electron chi connectivity index (χ0n) is 15.7. The molecule has 0 aromatic carbocycles. The van der Waals surface area contributed by atoms with E-state index in [-0.39, 0.29) is 11.0 Å². The minimum absolute atomic E-state index is 0.0560. The van der Waals surface area contributed by atoms with Gasteiger partial charge in [0.05, 0.1) is 17.7 Å². The van der Waals surface area contributed by atoms with Gasteiger partial charge in [-0.05, 0) is 38.8 Å². The van der Waals surface area contributed by atoms with Crippen LogP contribution in [0.25, 0.3) is 0 Å². The second-order valence-electron chi connectivity index (χ2n) is 8.16. The molecule has 0 saturated carbocycles. The van der Waals surface area contributed by atoms with Crippen molar-refractivity contribution < 1.29 is 4.52 Å². The molecule has 6 nitrogen and oxygen atoms in total. The summed E-state index contributed by atoms with van der Waals surface area (Å²) in [5.74, 6) is 1.38. The van der Waals surface area contributed by atoms with Crippen molar-refractivity contribution in [3.8, 4) is 0 Å². The van der Waals surface area contributed by atoms with Crippen LogP contribution in [0.5, 0.6) is 0 Å². The van der Waals surface area contributed by atoms with Gasteiger partial charge in [0, 0.05) is 30.6 Å². The SMILES string of the molecule is Cc1cc(CN2CCC(Cn3cnc(C(C)(C)C)cc3=O)CC2)no1. The maximum Gasteiger partial charge on any atom is 0.253 e. The number of nitrogens with zero attached hydrogens (tertiary/aromatic N) is 4. The van der Waals surface area contributed by atoms with Gasteiger partial charge in [0.15, 0.2) is 0 Å². The second-order valence-corrected chi connectivity index (χ2v) is 8.16. The normalized spacial score (nSPS) is 17.1. The molecule has 2 aromatic heterocycles. The van der Waals surface area contributed by atoms with Gasteiger partial charge < -0.3 is 4.52 Å². The Morgan fingerprint density at radius 1 is 1.24 bits per heavy atom. The average molecular weight is 344 g/mol. The molecule has 3 rings (SSSR count). The summed E-state index contributed by atoms with van der Waals surface area (Å²) in [6.45, 7) is 11.8. The average Bonchev–Trinajstić information content (AvgIpc) is 2.95. The highest BCUT2D eigenvalue weighted by atomic mass is 16.5. The van der Waals surface area contributed by atoms with E-state index in [4.69, 9.17) is 4.52 Å². The monoisotopic (exact) mass is 344 g/mol. The molecule has 1 saturated heterocycles. The summed E-state index contributed by atoms with van der Waals surface area (Å²) >= 11 is 0. The summed E-state index contributed by atoms with van der Waals surface area (Å²) < 4.78 is 6.89. The Morgan fingerprint density at radius 3 is 2.52 bits per heavy atom. The Hall–Kier alpha value is -1.95. The van der Waals surface area contributed by atoms with Crippen molar-refractivity contribution >= 4 is 0 Å². The Labute approximate surface area is 148 Å². The van der Waals surface area contributed by atoms with Crippen molar-refractivity contribution in [3.05, 3.63) is 46.0 Å². The number of piperidine rings is 1. The molecule has 0 amide bonds. The first-order valence-electron chi connectivity index (χ1n) is 9.03. The van der Waals surface area contributed by atoms with Gasteiger partial charge in [-0.1, -0.05) is 25.9 Å². The van der Waals surface area contributed by atoms with Crippen LogP contribution in [0.4, 0.5) is 0 Å². The molecule has 1 fully saturated rings. The summed E-state index contributed by atoms with van der Waals surface area (Å²) in [6, 6.07) is 3.68. The smallest absolute Gasteiger partial charge is 0.253 e. The number of hydrogen-bond donors (Lipinski definition) is 0. The number of aromatic nitrogens is 3. The molecule has 0 unspecified atom stereocenters. The van der Waals surface area contributed by atoms with Crippen LogP contribution in [0.15, 0.2) is 27.8 Å². The third kappa shape index (κ3) is 4.57. The Bertz CT molecular complexity index is 764. The van der Waals surface area contributed by atoms with Gasteiger partial charge in [-0.25, -0.2) is 4.98 Å². The van der Waals surface area contributed by atoms with Crippen LogP contribution in [0.1, 0.15) is 50.8 Å². The van der Waals surface area contributed by atoms with Gasteiger partial charge in [0.1, 0.15) is 5.76 Å². The fourth-order valence-electron chi connectivity index (χ4n) is 3.30. The first kappa shape index (κ1) is 17.9. The predicted octanol–water partition coefficient (Wildman–Crippen LogP) is 2.75. The van der Waals surface area contributed by atoms with E-state index in [1.54, 1.807) is 17.0 Å². The van der Waals surface area contributed by atoms with Crippen LogP contribution in [-0.4, -0.2) is 32.7 Å². The van der Waals surface area contributed by atoms with Crippen molar-refractivity contribution in [2.45, 2.75) is 59.0 Å². The summed E-state index contributed by atoms with van der Waals surface area (Å²) in [7, 11) is 0. The quantitative estimate of drug-likeness (QED) is 0.853. The molecule has 0 bridgehead atoms. The molecule has 2 aromatic rings. The lowest BCUT2D eigenvalue weighted by Gasteiger charge is -2.31. The van der Waals surface area contributed by atoms with Crippen molar-refractivity contribution in [1.29, 1.82) is 0 Å². The highest BCUT2D eigenvalue weighted by molar-refractivity contribution is 5.10. The molecular formula is C19H28N4O2. The van der Waals surface area contributed by atoms with Crippen molar-refractivity contribution in [2.24, 2.45) is 5.92 Å². The third-order valence-corrected chi connectivity index (χ3v) is 4.87. The number of hydrogen-bond acceptors (Lipinski definition) is 5. The van der Waals surface area contributed by atoms with E-state index in [1.807, 2.05) is 13.0 Å². The summed E-state index contributed by atoms with van der Waals surface area (Å²) in [5.41, 5.74) is 1.81.